The van der Waals surface area contributed by atoms with Crippen LogP contribution in [0.5, 0.6) is 17.2 Å². The Labute approximate surface area is 212 Å². The first-order valence-electron chi connectivity index (χ1n) is 10.4. The standard InChI is InChI=1S/C26H21Cl2N3O4/c1-33-23-11-9-16(24(34-2)25(23)35-3)14-29-31-26(32)18-13-22(15-8-10-19(27)20(28)12-15)30-21-7-5-4-6-17(18)21/h4-14H,1-3H3,(H,31,32). The molecule has 0 spiro atoms. The maximum Gasteiger partial charge on any atom is 0.272 e. The van der Waals surface area contributed by atoms with Gasteiger partial charge in [-0.3, -0.25) is 4.79 Å². The summed E-state index contributed by atoms with van der Waals surface area (Å²) in [6, 6.07) is 17.7. The largest absolute Gasteiger partial charge is 0.493 e. The van der Waals surface area contributed by atoms with Crippen LogP contribution in [0.4, 0.5) is 0 Å². The molecule has 4 aromatic rings. The van der Waals surface area contributed by atoms with Gasteiger partial charge >= 0.3 is 0 Å². The monoisotopic (exact) mass is 509 g/mol. The number of amides is 1. The van der Waals surface area contributed by atoms with Crippen molar-refractivity contribution in [1.82, 2.24) is 10.4 Å². The summed E-state index contributed by atoms with van der Waals surface area (Å²) in [5, 5.41) is 5.66. The van der Waals surface area contributed by atoms with Crippen molar-refractivity contribution in [3.63, 3.8) is 0 Å². The van der Waals surface area contributed by atoms with Gasteiger partial charge in [-0.1, -0.05) is 47.5 Å². The number of hydrazone groups is 1. The van der Waals surface area contributed by atoms with E-state index >= 15 is 0 Å². The second-order valence-corrected chi connectivity index (χ2v) is 8.14. The molecule has 0 aliphatic carbocycles. The van der Waals surface area contributed by atoms with Crippen LogP contribution < -0.4 is 19.6 Å². The van der Waals surface area contributed by atoms with Crippen molar-refractivity contribution in [3.8, 4) is 28.5 Å². The predicted octanol–water partition coefficient (Wildman–Crippen LogP) is 6.00. The van der Waals surface area contributed by atoms with E-state index in [1.54, 1.807) is 36.4 Å². The summed E-state index contributed by atoms with van der Waals surface area (Å²) in [6.07, 6.45) is 1.47. The molecule has 0 aliphatic heterocycles. The molecule has 0 atom stereocenters. The molecule has 0 unspecified atom stereocenters. The number of pyridine rings is 1. The lowest BCUT2D eigenvalue weighted by atomic mass is 10.0. The van der Waals surface area contributed by atoms with Crippen molar-refractivity contribution in [2.75, 3.05) is 21.3 Å². The average Bonchev–Trinajstić information content (AvgIpc) is 2.88. The van der Waals surface area contributed by atoms with Gasteiger partial charge in [0.2, 0.25) is 5.75 Å². The zero-order chi connectivity index (χ0) is 24.9. The van der Waals surface area contributed by atoms with E-state index in [1.165, 1.54) is 27.5 Å². The molecule has 1 aromatic heterocycles. The molecule has 0 radical (unpaired) electrons. The third kappa shape index (κ3) is 5.01. The zero-order valence-corrected chi connectivity index (χ0v) is 20.6. The number of halogens is 2. The number of nitrogens with one attached hydrogen (secondary N) is 1. The first-order chi connectivity index (χ1) is 17.0. The summed E-state index contributed by atoms with van der Waals surface area (Å²) >= 11 is 12.2. The molecule has 4 rings (SSSR count). The Bertz CT molecular complexity index is 1440. The molecule has 1 heterocycles. The van der Waals surface area contributed by atoms with Crippen LogP contribution in [0.15, 0.2) is 65.8 Å². The first kappa shape index (κ1) is 24.3. The fraction of sp³-hybridized carbons (Fsp3) is 0.115. The van der Waals surface area contributed by atoms with Crippen LogP contribution in [-0.4, -0.2) is 38.4 Å². The Hall–Kier alpha value is -3.81. The van der Waals surface area contributed by atoms with Gasteiger partial charge in [-0.2, -0.15) is 5.10 Å². The van der Waals surface area contributed by atoms with E-state index in [1.807, 2.05) is 24.3 Å². The highest BCUT2D eigenvalue weighted by Gasteiger charge is 2.16. The second kappa shape index (κ2) is 10.6. The molecule has 0 fully saturated rings. The number of benzene rings is 3. The summed E-state index contributed by atoms with van der Waals surface area (Å²) in [7, 11) is 4.57. The fourth-order valence-electron chi connectivity index (χ4n) is 3.61. The highest BCUT2D eigenvalue weighted by molar-refractivity contribution is 6.42. The van der Waals surface area contributed by atoms with E-state index in [0.29, 0.717) is 55.0 Å². The van der Waals surface area contributed by atoms with Crippen molar-refractivity contribution < 1.29 is 19.0 Å². The van der Waals surface area contributed by atoms with Gasteiger partial charge < -0.3 is 14.2 Å². The fourth-order valence-corrected chi connectivity index (χ4v) is 3.91. The van der Waals surface area contributed by atoms with Crippen molar-refractivity contribution >= 4 is 46.2 Å². The summed E-state index contributed by atoms with van der Waals surface area (Å²) in [5.41, 5.74) is 5.57. The Balaban J connectivity index is 1.68. The van der Waals surface area contributed by atoms with Crippen molar-refractivity contribution in [2.45, 2.75) is 0 Å². The molecule has 0 bridgehead atoms. The molecule has 35 heavy (non-hydrogen) atoms. The van der Waals surface area contributed by atoms with Gasteiger partial charge in [0.1, 0.15) is 0 Å². The Morgan fingerprint density at radius 2 is 1.69 bits per heavy atom. The number of aromatic nitrogens is 1. The van der Waals surface area contributed by atoms with Gasteiger partial charge in [0, 0.05) is 16.5 Å². The molecule has 0 saturated carbocycles. The number of carbonyl (C=O) groups excluding carboxylic acids is 1. The molecule has 1 N–H and O–H groups in total. The number of methoxy groups -OCH3 is 3. The van der Waals surface area contributed by atoms with Crippen molar-refractivity contribution in [3.05, 3.63) is 81.8 Å². The molecule has 3 aromatic carbocycles. The normalized spacial score (nSPS) is 11.0. The minimum Gasteiger partial charge on any atom is -0.493 e. The van der Waals surface area contributed by atoms with E-state index in [4.69, 9.17) is 37.4 Å². The summed E-state index contributed by atoms with van der Waals surface area (Å²) in [5.74, 6) is 0.974. The van der Waals surface area contributed by atoms with E-state index < -0.39 is 5.91 Å². The lowest BCUT2D eigenvalue weighted by Crippen LogP contribution is -2.18. The topological polar surface area (TPSA) is 82.0 Å². The number of hydrogen-bond donors (Lipinski definition) is 1. The second-order valence-electron chi connectivity index (χ2n) is 7.32. The van der Waals surface area contributed by atoms with Gasteiger partial charge in [0.15, 0.2) is 11.5 Å². The van der Waals surface area contributed by atoms with Gasteiger partial charge in [0.25, 0.3) is 5.91 Å². The molecule has 1 amide bonds. The quantitative estimate of drug-likeness (QED) is 0.244. The van der Waals surface area contributed by atoms with Crippen LogP contribution in [0.25, 0.3) is 22.2 Å². The predicted molar refractivity (Wildman–Crippen MR) is 138 cm³/mol. The Kier molecular flexibility index (Phi) is 7.39. The molecule has 9 heteroatoms. The van der Waals surface area contributed by atoms with Crippen LogP contribution in [0.1, 0.15) is 15.9 Å². The number of hydrogen-bond acceptors (Lipinski definition) is 6. The molecule has 7 nitrogen and oxygen atoms in total. The minimum atomic E-state index is -0.402. The average molecular weight is 510 g/mol. The number of fused-ring (bicyclic) bond motifs is 1. The first-order valence-corrected chi connectivity index (χ1v) is 11.2. The summed E-state index contributed by atoms with van der Waals surface area (Å²) in [6.45, 7) is 0. The maximum absolute atomic E-state index is 13.2. The molecule has 178 valence electrons. The molecule has 0 aliphatic rings. The highest BCUT2D eigenvalue weighted by Crippen LogP contribution is 2.39. The highest BCUT2D eigenvalue weighted by atomic mass is 35.5. The number of rotatable bonds is 7. The van der Waals surface area contributed by atoms with Gasteiger partial charge in [0.05, 0.1) is 54.4 Å². The molecule has 0 saturated heterocycles. The lowest BCUT2D eigenvalue weighted by molar-refractivity contribution is 0.0956. The van der Waals surface area contributed by atoms with Crippen LogP contribution >= 0.6 is 23.2 Å². The van der Waals surface area contributed by atoms with Crippen LogP contribution in [-0.2, 0) is 0 Å². The zero-order valence-electron chi connectivity index (χ0n) is 19.1. The van der Waals surface area contributed by atoms with E-state index in [9.17, 15) is 4.79 Å². The molecular formula is C26H21Cl2N3O4. The summed E-state index contributed by atoms with van der Waals surface area (Å²) in [4.78, 5) is 17.8. The number of carbonyl (C=O) groups is 1. The third-order valence-electron chi connectivity index (χ3n) is 5.28. The Morgan fingerprint density at radius 3 is 2.40 bits per heavy atom. The lowest BCUT2D eigenvalue weighted by Gasteiger charge is -2.13. The number of nitrogens with zero attached hydrogens (tertiary/aromatic N) is 2. The van der Waals surface area contributed by atoms with Crippen molar-refractivity contribution in [2.24, 2.45) is 5.10 Å². The summed E-state index contributed by atoms with van der Waals surface area (Å²) < 4.78 is 16.1. The minimum absolute atomic E-state index is 0.401. The van der Waals surface area contributed by atoms with Gasteiger partial charge in [-0.25, -0.2) is 10.4 Å². The van der Waals surface area contributed by atoms with Crippen LogP contribution in [0, 0.1) is 0 Å². The smallest absolute Gasteiger partial charge is 0.272 e. The van der Waals surface area contributed by atoms with E-state index in [0.717, 1.165) is 5.56 Å². The van der Waals surface area contributed by atoms with Crippen LogP contribution in [0.3, 0.4) is 0 Å². The third-order valence-corrected chi connectivity index (χ3v) is 6.02. The SMILES string of the molecule is COc1ccc(C=NNC(=O)c2cc(-c3ccc(Cl)c(Cl)c3)nc3ccccc23)c(OC)c1OC. The molecular weight excluding hydrogens is 489 g/mol. The maximum atomic E-state index is 13.2. The van der Waals surface area contributed by atoms with E-state index in [2.05, 4.69) is 15.5 Å². The van der Waals surface area contributed by atoms with Crippen molar-refractivity contribution in [1.29, 1.82) is 0 Å². The van der Waals surface area contributed by atoms with Crippen LogP contribution in [0.2, 0.25) is 10.0 Å². The number of ether oxygens (including phenoxy) is 3. The van der Waals surface area contributed by atoms with E-state index in [-0.39, 0.29) is 0 Å². The number of para-hydroxylation sites is 1. The van der Waals surface area contributed by atoms with Gasteiger partial charge in [-0.15, -0.1) is 0 Å². The van der Waals surface area contributed by atoms with Gasteiger partial charge in [-0.05, 0) is 36.4 Å². The Morgan fingerprint density at radius 1 is 0.914 bits per heavy atom.